The largest absolute Gasteiger partial charge is 0.383 e. The monoisotopic (exact) mass is 389 g/mol. The van der Waals surface area contributed by atoms with Crippen molar-refractivity contribution in [2.75, 3.05) is 30.3 Å². The summed E-state index contributed by atoms with van der Waals surface area (Å²) >= 11 is 5.96. The number of pyridine rings is 1. The Hall–Kier alpha value is -2.12. The molecule has 0 unspecified atom stereocenters. The molecule has 1 spiro atoms. The average Bonchev–Trinajstić information content (AvgIpc) is 2.99. The number of halogens is 1. The zero-order valence-corrected chi connectivity index (χ0v) is 16.4. The highest BCUT2D eigenvalue weighted by atomic mass is 35.5. The van der Waals surface area contributed by atoms with Gasteiger partial charge in [0, 0.05) is 26.3 Å². The van der Waals surface area contributed by atoms with Crippen molar-refractivity contribution in [1.82, 2.24) is 14.5 Å². The van der Waals surface area contributed by atoms with Gasteiger partial charge in [-0.1, -0.05) is 11.6 Å². The molecule has 2 N–H and O–H groups in total. The van der Waals surface area contributed by atoms with Crippen LogP contribution in [0.15, 0.2) is 23.1 Å². The van der Waals surface area contributed by atoms with E-state index in [1.807, 2.05) is 0 Å². The van der Waals surface area contributed by atoms with Gasteiger partial charge in [-0.05, 0) is 49.3 Å². The Morgan fingerprint density at radius 3 is 2.74 bits per heavy atom. The fourth-order valence-corrected chi connectivity index (χ4v) is 4.47. The minimum Gasteiger partial charge on any atom is -0.383 e. The summed E-state index contributed by atoms with van der Waals surface area (Å²) in [5.41, 5.74) is 7.25. The minimum atomic E-state index is -0.183. The van der Waals surface area contributed by atoms with Gasteiger partial charge in [0.05, 0.1) is 18.3 Å². The lowest BCUT2D eigenvalue weighted by Crippen LogP contribution is -2.43. The number of hydrogen-bond donors (Lipinski definition) is 1. The van der Waals surface area contributed by atoms with E-state index in [4.69, 9.17) is 22.1 Å². The van der Waals surface area contributed by atoms with Crippen molar-refractivity contribution in [1.29, 1.82) is 0 Å². The number of nitrogens with zero attached hydrogens (tertiary/aromatic N) is 4. The topological polar surface area (TPSA) is 86.3 Å². The normalized spacial score (nSPS) is 21.7. The van der Waals surface area contributed by atoms with Gasteiger partial charge in [0.25, 0.3) is 5.56 Å². The summed E-state index contributed by atoms with van der Waals surface area (Å²) in [6.45, 7) is 4.65. The maximum Gasteiger partial charge on any atom is 0.264 e. The Balaban J connectivity index is 1.63. The zero-order chi connectivity index (χ0) is 19.2. The number of hydrogen-bond acceptors (Lipinski definition) is 6. The van der Waals surface area contributed by atoms with Gasteiger partial charge in [0.2, 0.25) is 5.95 Å². The van der Waals surface area contributed by atoms with Crippen molar-refractivity contribution < 1.29 is 4.74 Å². The third-order valence-corrected chi connectivity index (χ3v) is 6.02. The SMILES string of the molecule is C[C@H]1CC2(CCN(c3nc(N)c(-c4ccnc(Cl)c4)c(=O)n3C)CC2)CO1. The van der Waals surface area contributed by atoms with Crippen LogP contribution in [-0.2, 0) is 11.8 Å². The molecule has 0 bridgehead atoms. The van der Waals surface area contributed by atoms with Crippen LogP contribution < -0.4 is 16.2 Å². The first-order valence-electron chi connectivity index (χ1n) is 9.23. The van der Waals surface area contributed by atoms with Crippen molar-refractivity contribution in [3.8, 4) is 11.1 Å². The van der Waals surface area contributed by atoms with Crippen LogP contribution in [0.5, 0.6) is 0 Å². The molecular weight excluding hydrogens is 366 g/mol. The van der Waals surface area contributed by atoms with Crippen LogP contribution in [-0.4, -0.2) is 40.3 Å². The molecule has 0 amide bonds. The summed E-state index contributed by atoms with van der Waals surface area (Å²) in [6.07, 6.45) is 5.07. The Morgan fingerprint density at radius 1 is 1.37 bits per heavy atom. The molecule has 0 aromatic carbocycles. The maximum absolute atomic E-state index is 13.0. The van der Waals surface area contributed by atoms with Gasteiger partial charge in [-0.25, -0.2) is 4.98 Å². The quantitative estimate of drug-likeness (QED) is 0.794. The van der Waals surface area contributed by atoms with Crippen LogP contribution in [0.2, 0.25) is 5.15 Å². The molecule has 2 aliphatic rings. The van der Waals surface area contributed by atoms with Crippen LogP contribution in [0.3, 0.4) is 0 Å². The molecule has 0 radical (unpaired) electrons. The summed E-state index contributed by atoms with van der Waals surface area (Å²) in [5.74, 6) is 0.830. The van der Waals surface area contributed by atoms with Crippen LogP contribution in [0, 0.1) is 5.41 Å². The van der Waals surface area contributed by atoms with Crippen molar-refractivity contribution in [2.45, 2.75) is 32.3 Å². The lowest BCUT2D eigenvalue weighted by atomic mass is 9.77. The Labute approximate surface area is 163 Å². The fraction of sp³-hybridized carbons (Fsp3) is 0.526. The van der Waals surface area contributed by atoms with E-state index in [-0.39, 0.29) is 16.8 Å². The number of rotatable bonds is 2. The summed E-state index contributed by atoms with van der Waals surface area (Å²) < 4.78 is 7.37. The molecule has 2 fully saturated rings. The number of aromatic nitrogens is 3. The highest BCUT2D eigenvalue weighted by molar-refractivity contribution is 6.29. The van der Waals surface area contributed by atoms with E-state index in [0.717, 1.165) is 39.0 Å². The number of ether oxygens (including phenoxy) is 1. The number of nitrogen functional groups attached to an aromatic ring is 1. The van der Waals surface area contributed by atoms with E-state index in [0.29, 0.717) is 28.3 Å². The molecule has 0 saturated carbocycles. The summed E-state index contributed by atoms with van der Waals surface area (Å²) in [4.78, 5) is 23.7. The molecular formula is C19H24ClN5O2. The van der Waals surface area contributed by atoms with Gasteiger partial charge in [-0.3, -0.25) is 9.36 Å². The summed E-state index contributed by atoms with van der Waals surface area (Å²) in [7, 11) is 1.74. The van der Waals surface area contributed by atoms with Gasteiger partial charge in [-0.15, -0.1) is 0 Å². The zero-order valence-electron chi connectivity index (χ0n) is 15.6. The van der Waals surface area contributed by atoms with E-state index in [2.05, 4.69) is 21.8 Å². The molecule has 1 atom stereocenters. The molecule has 4 rings (SSSR count). The first kappa shape index (κ1) is 18.3. The van der Waals surface area contributed by atoms with Crippen molar-refractivity contribution in [3.05, 3.63) is 33.8 Å². The number of piperidine rings is 1. The molecule has 2 aliphatic heterocycles. The Kier molecular flexibility index (Phi) is 4.60. The molecule has 2 saturated heterocycles. The van der Waals surface area contributed by atoms with Crippen molar-refractivity contribution in [3.63, 3.8) is 0 Å². The average molecular weight is 390 g/mol. The molecule has 144 valence electrons. The maximum atomic E-state index is 13.0. The second kappa shape index (κ2) is 6.80. The van der Waals surface area contributed by atoms with Gasteiger partial charge in [0.1, 0.15) is 11.0 Å². The van der Waals surface area contributed by atoms with Gasteiger partial charge < -0.3 is 15.4 Å². The molecule has 8 heteroatoms. The highest BCUT2D eigenvalue weighted by Crippen LogP contribution is 2.42. The molecule has 2 aromatic heterocycles. The third kappa shape index (κ3) is 3.30. The van der Waals surface area contributed by atoms with Crippen LogP contribution in [0.1, 0.15) is 26.2 Å². The molecule has 2 aromatic rings. The molecule has 7 nitrogen and oxygen atoms in total. The van der Waals surface area contributed by atoms with Crippen LogP contribution >= 0.6 is 11.6 Å². The van der Waals surface area contributed by atoms with E-state index in [1.54, 1.807) is 29.9 Å². The van der Waals surface area contributed by atoms with Crippen molar-refractivity contribution in [2.24, 2.45) is 12.5 Å². The summed E-state index contributed by atoms with van der Waals surface area (Å²) in [5, 5.41) is 0.312. The molecule has 0 aliphatic carbocycles. The highest BCUT2D eigenvalue weighted by Gasteiger charge is 2.41. The van der Waals surface area contributed by atoms with Crippen LogP contribution in [0.25, 0.3) is 11.1 Å². The summed E-state index contributed by atoms with van der Waals surface area (Å²) in [6, 6.07) is 3.34. The fourth-order valence-electron chi connectivity index (χ4n) is 4.30. The smallest absolute Gasteiger partial charge is 0.264 e. The molecule has 4 heterocycles. The standard InChI is InChI=1S/C19H24ClN5O2/c1-12-10-19(11-27-12)4-7-25(8-5-19)18-23-16(21)15(17(26)24(18)2)13-3-6-22-14(20)9-13/h3,6,9,12H,4-5,7-8,10-11,21H2,1-2H3/t12-/m0/s1. The minimum absolute atomic E-state index is 0.183. The van der Waals surface area contributed by atoms with Crippen molar-refractivity contribution >= 4 is 23.4 Å². The second-order valence-electron chi connectivity index (χ2n) is 7.72. The lowest BCUT2D eigenvalue weighted by molar-refractivity contribution is 0.0974. The Bertz CT molecular complexity index is 921. The lowest BCUT2D eigenvalue weighted by Gasteiger charge is -2.39. The first-order valence-corrected chi connectivity index (χ1v) is 9.61. The third-order valence-electron chi connectivity index (χ3n) is 5.81. The second-order valence-corrected chi connectivity index (χ2v) is 8.10. The van der Waals surface area contributed by atoms with E-state index >= 15 is 0 Å². The van der Waals surface area contributed by atoms with E-state index in [1.165, 1.54) is 0 Å². The molecule has 27 heavy (non-hydrogen) atoms. The Morgan fingerprint density at radius 2 is 2.11 bits per heavy atom. The number of nitrogens with two attached hydrogens (primary N) is 1. The van der Waals surface area contributed by atoms with Gasteiger partial charge in [0.15, 0.2) is 0 Å². The van der Waals surface area contributed by atoms with Gasteiger partial charge >= 0.3 is 0 Å². The van der Waals surface area contributed by atoms with E-state index in [9.17, 15) is 4.79 Å². The van der Waals surface area contributed by atoms with Crippen LogP contribution in [0.4, 0.5) is 11.8 Å². The van der Waals surface area contributed by atoms with E-state index < -0.39 is 0 Å². The number of anilines is 2. The first-order chi connectivity index (χ1) is 12.9. The predicted octanol–water partition coefficient (Wildman–Crippen LogP) is 2.47. The van der Waals surface area contributed by atoms with Gasteiger partial charge in [-0.2, -0.15) is 4.98 Å². The predicted molar refractivity (Wildman–Crippen MR) is 106 cm³/mol.